The Kier molecular flexibility index (Phi) is 7.47. The van der Waals surface area contributed by atoms with E-state index in [2.05, 4.69) is 10.6 Å². The number of ether oxygens (including phenoxy) is 2. The van der Waals surface area contributed by atoms with Crippen LogP contribution in [0.25, 0.3) is 10.8 Å². The van der Waals surface area contributed by atoms with Gasteiger partial charge in [0.2, 0.25) is 5.91 Å². The van der Waals surface area contributed by atoms with E-state index >= 15 is 0 Å². The van der Waals surface area contributed by atoms with Gasteiger partial charge in [-0.15, -0.1) is 0 Å². The summed E-state index contributed by atoms with van der Waals surface area (Å²) in [6.07, 6.45) is -0.499. The Labute approximate surface area is 203 Å². The molecule has 7 heteroatoms. The van der Waals surface area contributed by atoms with Crippen LogP contribution >= 0.6 is 0 Å². The Balaban J connectivity index is 1.51. The first-order chi connectivity index (χ1) is 17.0. The zero-order chi connectivity index (χ0) is 24.6. The summed E-state index contributed by atoms with van der Waals surface area (Å²) in [5, 5.41) is 17.0. The van der Waals surface area contributed by atoms with E-state index in [1.165, 1.54) is 12.1 Å². The summed E-state index contributed by atoms with van der Waals surface area (Å²) in [7, 11) is 1.57. The molecule has 178 valence electrons. The van der Waals surface area contributed by atoms with Crippen molar-refractivity contribution in [3.8, 4) is 11.5 Å². The average Bonchev–Trinajstić information content (AvgIpc) is 2.88. The number of amides is 2. The molecule has 4 aromatic rings. The molecule has 0 aliphatic rings. The molecule has 0 radical (unpaired) electrons. The minimum atomic E-state index is -0.916. The van der Waals surface area contributed by atoms with Crippen molar-refractivity contribution < 1.29 is 24.2 Å². The Morgan fingerprint density at radius 2 is 1.60 bits per heavy atom. The fraction of sp³-hybridized carbons (Fsp3) is 0.143. The quantitative estimate of drug-likeness (QED) is 0.336. The van der Waals surface area contributed by atoms with Crippen molar-refractivity contribution in [1.29, 1.82) is 0 Å². The maximum Gasteiger partial charge on any atom is 0.408 e. The molecule has 0 aliphatic heterocycles. The number of aromatic hydroxyl groups is 1. The molecule has 7 nitrogen and oxygen atoms in total. The molecule has 4 rings (SSSR count). The highest BCUT2D eigenvalue weighted by molar-refractivity contribution is 6.00. The van der Waals surface area contributed by atoms with E-state index in [1.54, 1.807) is 25.3 Å². The van der Waals surface area contributed by atoms with E-state index in [4.69, 9.17) is 9.47 Å². The van der Waals surface area contributed by atoms with Gasteiger partial charge in [0.1, 0.15) is 24.1 Å². The number of methoxy groups -OCH3 is 1. The zero-order valence-electron chi connectivity index (χ0n) is 19.2. The van der Waals surface area contributed by atoms with Crippen molar-refractivity contribution in [3.05, 3.63) is 102 Å². The first kappa shape index (κ1) is 23.6. The summed E-state index contributed by atoms with van der Waals surface area (Å²) in [5.74, 6) is 0.337. The van der Waals surface area contributed by atoms with E-state index in [9.17, 15) is 14.7 Å². The molecule has 3 N–H and O–H groups in total. The zero-order valence-corrected chi connectivity index (χ0v) is 19.2. The summed E-state index contributed by atoms with van der Waals surface area (Å²) in [6.45, 7) is 0.0854. The largest absolute Gasteiger partial charge is 0.508 e. The molecular weight excluding hydrogens is 444 g/mol. The van der Waals surface area contributed by atoms with Crippen LogP contribution < -0.4 is 15.4 Å². The van der Waals surface area contributed by atoms with Crippen LogP contribution in [0.2, 0.25) is 0 Å². The van der Waals surface area contributed by atoms with Crippen molar-refractivity contribution in [2.45, 2.75) is 19.1 Å². The van der Waals surface area contributed by atoms with Crippen LogP contribution in [0.15, 0.2) is 91.0 Å². The Morgan fingerprint density at radius 3 is 2.34 bits per heavy atom. The SMILES string of the molecule is COc1cc(NC(=O)[C@@H](Cc2ccc(O)cc2)NC(=O)OCc2ccccc2)cc2ccccc12. The molecule has 0 saturated carbocycles. The minimum Gasteiger partial charge on any atom is -0.508 e. The number of benzene rings is 4. The van der Waals surface area contributed by atoms with Crippen LogP contribution in [-0.4, -0.2) is 30.3 Å². The van der Waals surface area contributed by atoms with Crippen LogP contribution in [-0.2, 0) is 22.6 Å². The molecule has 0 aliphatic carbocycles. The lowest BCUT2D eigenvalue weighted by Gasteiger charge is -2.19. The smallest absolute Gasteiger partial charge is 0.408 e. The van der Waals surface area contributed by atoms with Crippen LogP contribution in [0.5, 0.6) is 11.5 Å². The number of hydrogen-bond acceptors (Lipinski definition) is 5. The van der Waals surface area contributed by atoms with Crippen molar-refractivity contribution in [2.24, 2.45) is 0 Å². The maximum atomic E-state index is 13.3. The molecule has 0 aromatic heterocycles. The number of phenolic OH excluding ortho intramolecular Hbond substituents is 1. The molecule has 1 atom stereocenters. The summed E-state index contributed by atoms with van der Waals surface area (Å²) >= 11 is 0. The molecular formula is C28H26N2O5. The van der Waals surface area contributed by atoms with Gasteiger partial charge in [-0.25, -0.2) is 4.79 Å². The number of phenols is 1. The van der Waals surface area contributed by atoms with E-state index in [0.717, 1.165) is 21.9 Å². The number of carbonyl (C=O) groups is 2. The van der Waals surface area contributed by atoms with E-state index in [1.807, 2.05) is 60.7 Å². The van der Waals surface area contributed by atoms with Gasteiger partial charge in [0, 0.05) is 23.6 Å². The highest BCUT2D eigenvalue weighted by Crippen LogP contribution is 2.30. The average molecular weight is 471 g/mol. The van der Waals surface area contributed by atoms with Crippen LogP contribution in [0, 0.1) is 0 Å². The fourth-order valence-electron chi connectivity index (χ4n) is 3.73. The predicted octanol–water partition coefficient (Wildman–Crippen LogP) is 5.03. The van der Waals surface area contributed by atoms with Gasteiger partial charge in [-0.2, -0.15) is 0 Å². The Bertz CT molecular complexity index is 1310. The molecule has 0 bridgehead atoms. The molecule has 2 amide bonds. The third-order valence-electron chi connectivity index (χ3n) is 5.51. The number of anilines is 1. The second-order valence-corrected chi connectivity index (χ2v) is 8.02. The molecule has 35 heavy (non-hydrogen) atoms. The monoisotopic (exact) mass is 470 g/mol. The van der Waals surface area contributed by atoms with Crippen molar-refractivity contribution in [2.75, 3.05) is 12.4 Å². The molecule has 0 fully saturated rings. The standard InChI is InChI=1S/C28H26N2O5/c1-34-26-17-22(16-21-9-5-6-10-24(21)26)29-27(32)25(15-19-11-13-23(31)14-12-19)30-28(33)35-18-20-7-3-2-4-8-20/h2-14,16-17,25,31H,15,18H2,1H3,(H,29,32)(H,30,33)/t25-/m1/s1. The molecule has 4 aromatic carbocycles. The van der Waals surface area contributed by atoms with Crippen molar-refractivity contribution in [3.63, 3.8) is 0 Å². The van der Waals surface area contributed by atoms with Crippen LogP contribution in [0.1, 0.15) is 11.1 Å². The van der Waals surface area contributed by atoms with Gasteiger partial charge in [-0.1, -0.05) is 66.7 Å². The fourth-order valence-corrected chi connectivity index (χ4v) is 3.73. The summed E-state index contributed by atoms with van der Waals surface area (Å²) in [6, 6.07) is 26.1. The minimum absolute atomic E-state index is 0.0854. The Morgan fingerprint density at radius 1 is 0.886 bits per heavy atom. The predicted molar refractivity (Wildman–Crippen MR) is 134 cm³/mol. The number of carbonyl (C=O) groups excluding carboxylic acids is 2. The van der Waals surface area contributed by atoms with Crippen LogP contribution in [0.3, 0.4) is 0 Å². The van der Waals surface area contributed by atoms with Crippen molar-refractivity contribution >= 4 is 28.5 Å². The van der Waals surface area contributed by atoms with E-state index < -0.39 is 18.0 Å². The molecule has 0 heterocycles. The first-order valence-corrected chi connectivity index (χ1v) is 11.1. The molecule has 0 unspecified atom stereocenters. The van der Waals surface area contributed by atoms with E-state index in [0.29, 0.717) is 11.4 Å². The van der Waals surface area contributed by atoms with Gasteiger partial charge in [-0.3, -0.25) is 4.79 Å². The normalized spacial score (nSPS) is 11.5. The molecule has 0 saturated heterocycles. The van der Waals surface area contributed by atoms with E-state index in [-0.39, 0.29) is 18.8 Å². The van der Waals surface area contributed by atoms with Gasteiger partial charge < -0.3 is 25.2 Å². The van der Waals surface area contributed by atoms with Crippen molar-refractivity contribution in [1.82, 2.24) is 5.32 Å². The summed E-state index contributed by atoms with van der Waals surface area (Å²) in [5.41, 5.74) is 2.15. The maximum absolute atomic E-state index is 13.3. The third-order valence-corrected chi connectivity index (χ3v) is 5.51. The number of nitrogens with one attached hydrogen (secondary N) is 2. The van der Waals surface area contributed by atoms with Gasteiger partial charge in [-0.05, 0) is 34.7 Å². The number of alkyl carbamates (subject to hydrolysis) is 1. The third kappa shape index (κ3) is 6.29. The second kappa shape index (κ2) is 11.1. The lowest BCUT2D eigenvalue weighted by Crippen LogP contribution is -2.45. The van der Waals surface area contributed by atoms with Gasteiger partial charge in [0.25, 0.3) is 0 Å². The Hall–Kier alpha value is -4.52. The van der Waals surface area contributed by atoms with Crippen LogP contribution in [0.4, 0.5) is 10.5 Å². The lowest BCUT2D eigenvalue weighted by atomic mass is 10.0. The lowest BCUT2D eigenvalue weighted by molar-refractivity contribution is -0.118. The summed E-state index contributed by atoms with van der Waals surface area (Å²) < 4.78 is 10.8. The van der Waals surface area contributed by atoms with Gasteiger partial charge in [0.15, 0.2) is 0 Å². The summed E-state index contributed by atoms with van der Waals surface area (Å²) in [4.78, 5) is 25.8. The number of rotatable bonds is 8. The highest BCUT2D eigenvalue weighted by Gasteiger charge is 2.23. The number of fused-ring (bicyclic) bond motifs is 1. The number of hydrogen-bond donors (Lipinski definition) is 3. The highest BCUT2D eigenvalue weighted by atomic mass is 16.5. The second-order valence-electron chi connectivity index (χ2n) is 8.02. The first-order valence-electron chi connectivity index (χ1n) is 11.1. The van der Waals surface area contributed by atoms with Gasteiger partial charge in [0.05, 0.1) is 7.11 Å². The topological polar surface area (TPSA) is 96.9 Å². The molecule has 0 spiro atoms. The van der Waals surface area contributed by atoms with Gasteiger partial charge >= 0.3 is 6.09 Å².